The molecule has 21 heavy (non-hydrogen) atoms. The van der Waals surface area contributed by atoms with Crippen molar-refractivity contribution in [3.05, 3.63) is 46.2 Å². The predicted octanol–water partition coefficient (Wildman–Crippen LogP) is 3.45. The Morgan fingerprint density at radius 3 is 2.81 bits per heavy atom. The third-order valence-electron chi connectivity index (χ3n) is 2.45. The molecule has 0 saturated heterocycles. The number of rotatable bonds is 3. The highest BCUT2D eigenvalue weighted by atomic mass is 35.5. The van der Waals surface area contributed by atoms with Crippen LogP contribution in [0.4, 0.5) is 10.5 Å². The topological polar surface area (TPSA) is 73.2 Å². The molecule has 1 aromatic carbocycles. The number of hydrogen-bond acceptors (Lipinski definition) is 4. The SMILES string of the molecule is CCOC(=O)n1ccc(C(=O)Nc2cc(Cl)ccc2Cl)n1. The van der Waals surface area contributed by atoms with Crippen molar-refractivity contribution in [3.8, 4) is 0 Å². The van der Waals surface area contributed by atoms with E-state index in [2.05, 4.69) is 10.4 Å². The molecule has 6 nitrogen and oxygen atoms in total. The van der Waals surface area contributed by atoms with E-state index in [-0.39, 0.29) is 12.3 Å². The average molecular weight is 328 g/mol. The van der Waals surface area contributed by atoms with Crippen LogP contribution in [0.25, 0.3) is 0 Å². The third kappa shape index (κ3) is 3.74. The maximum atomic E-state index is 12.0. The first kappa shape index (κ1) is 15.3. The number of hydrogen-bond donors (Lipinski definition) is 1. The number of anilines is 1. The second-order valence-electron chi connectivity index (χ2n) is 3.92. The van der Waals surface area contributed by atoms with Crippen molar-refractivity contribution in [2.24, 2.45) is 0 Å². The van der Waals surface area contributed by atoms with Crippen molar-refractivity contribution in [1.29, 1.82) is 0 Å². The summed E-state index contributed by atoms with van der Waals surface area (Å²) in [6.45, 7) is 1.90. The summed E-state index contributed by atoms with van der Waals surface area (Å²) in [5.41, 5.74) is 0.416. The molecule has 1 heterocycles. The molecule has 0 unspecified atom stereocenters. The first-order valence-electron chi connectivity index (χ1n) is 6.00. The molecular weight excluding hydrogens is 317 g/mol. The van der Waals surface area contributed by atoms with Gasteiger partial charge in [0.2, 0.25) is 0 Å². The summed E-state index contributed by atoms with van der Waals surface area (Å²) in [4.78, 5) is 23.5. The molecule has 0 radical (unpaired) electrons. The maximum Gasteiger partial charge on any atom is 0.434 e. The third-order valence-corrected chi connectivity index (χ3v) is 3.02. The van der Waals surface area contributed by atoms with E-state index in [9.17, 15) is 9.59 Å². The van der Waals surface area contributed by atoms with Gasteiger partial charge in [-0.25, -0.2) is 4.79 Å². The van der Waals surface area contributed by atoms with Crippen LogP contribution in [0.5, 0.6) is 0 Å². The first-order valence-corrected chi connectivity index (χ1v) is 6.76. The highest BCUT2D eigenvalue weighted by Crippen LogP contribution is 2.25. The molecule has 0 atom stereocenters. The Bertz CT molecular complexity index is 685. The van der Waals surface area contributed by atoms with Gasteiger partial charge in [0, 0.05) is 11.2 Å². The molecule has 1 aromatic heterocycles. The number of halogens is 2. The number of nitrogens with zero attached hydrogens (tertiary/aromatic N) is 2. The largest absolute Gasteiger partial charge is 0.448 e. The van der Waals surface area contributed by atoms with Gasteiger partial charge in [-0.05, 0) is 31.2 Å². The van der Waals surface area contributed by atoms with E-state index in [1.807, 2.05) is 0 Å². The number of aromatic nitrogens is 2. The Balaban J connectivity index is 2.14. The van der Waals surface area contributed by atoms with Crippen molar-refractivity contribution < 1.29 is 14.3 Å². The minimum absolute atomic E-state index is 0.0547. The molecule has 2 rings (SSSR count). The van der Waals surface area contributed by atoms with Gasteiger partial charge in [0.25, 0.3) is 5.91 Å². The van der Waals surface area contributed by atoms with Crippen molar-refractivity contribution in [3.63, 3.8) is 0 Å². The van der Waals surface area contributed by atoms with Gasteiger partial charge in [-0.15, -0.1) is 0 Å². The fraction of sp³-hybridized carbons (Fsp3) is 0.154. The maximum absolute atomic E-state index is 12.0. The van der Waals surface area contributed by atoms with E-state index in [0.717, 1.165) is 4.68 Å². The molecule has 2 aromatic rings. The Morgan fingerprint density at radius 2 is 2.10 bits per heavy atom. The van der Waals surface area contributed by atoms with Crippen LogP contribution in [0.1, 0.15) is 17.4 Å². The summed E-state index contributed by atoms with van der Waals surface area (Å²) >= 11 is 11.8. The van der Waals surface area contributed by atoms with Gasteiger partial charge in [-0.2, -0.15) is 9.78 Å². The fourth-order valence-corrected chi connectivity index (χ4v) is 1.85. The molecule has 0 bridgehead atoms. The summed E-state index contributed by atoms with van der Waals surface area (Å²) in [6, 6.07) is 6.08. The molecule has 110 valence electrons. The summed E-state index contributed by atoms with van der Waals surface area (Å²) < 4.78 is 5.71. The highest BCUT2D eigenvalue weighted by Gasteiger charge is 2.14. The van der Waals surface area contributed by atoms with Crippen molar-refractivity contribution in [2.45, 2.75) is 6.92 Å². The van der Waals surface area contributed by atoms with Gasteiger partial charge in [-0.1, -0.05) is 23.2 Å². The number of ether oxygens (including phenoxy) is 1. The number of carbonyl (C=O) groups excluding carboxylic acids is 2. The molecular formula is C13H11Cl2N3O3. The van der Waals surface area contributed by atoms with Gasteiger partial charge in [0.15, 0.2) is 5.69 Å². The lowest BCUT2D eigenvalue weighted by Crippen LogP contribution is -2.17. The molecule has 1 N–H and O–H groups in total. The van der Waals surface area contributed by atoms with Gasteiger partial charge in [0.05, 0.1) is 17.3 Å². The molecule has 1 amide bonds. The van der Waals surface area contributed by atoms with Crippen LogP contribution in [-0.2, 0) is 4.74 Å². The summed E-state index contributed by atoms with van der Waals surface area (Å²) in [7, 11) is 0. The molecule has 0 aliphatic carbocycles. The highest BCUT2D eigenvalue weighted by molar-refractivity contribution is 6.35. The number of nitrogens with one attached hydrogen (secondary N) is 1. The zero-order valence-electron chi connectivity index (χ0n) is 11.0. The molecule has 0 fully saturated rings. The second-order valence-corrected chi connectivity index (χ2v) is 4.77. The van der Waals surface area contributed by atoms with Crippen LogP contribution in [0.2, 0.25) is 10.0 Å². The Kier molecular flexibility index (Phi) is 4.82. The van der Waals surface area contributed by atoms with Gasteiger partial charge < -0.3 is 10.1 Å². The van der Waals surface area contributed by atoms with Crippen LogP contribution in [0.15, 0.2) is 30.5 Å². The smallest absolute Gasteiger partial charge is 0.434 e. The van der Waals surface area contributed by atoms with Crippen LogP contribution in [0, 0.1) is 0 Å². The van der Waals surface area contributed by atoms with Crippen LogP contribution >= 0.6 is 23.2 Å². The van der Waals surface area contributed by atoms with E-state index < -0.39 is 12.0 Å². The number of amides is 1. The minimum Gasteiger partial charge on any atom is -0.448 e. The van der Waals surface area contributed by atoms with E-state index in [1.54, 1.807) is 19.1 Å². The molecule has 8 heteroatoms. The van der Waals surface area contributed by atoms with Crippen LogP contribution < -0.4 is 5.32 Å². The van der Waals surface area contributed by atoms with Crippen molar-refractivity contribution >= 4 is 40.9 Å². The van der Waals surface area contributed by atoms with E-state index in [4.69, 9.17) is 27.9 Å². The van der Waals surface area contributed by atoms with E-state index in [1.165, 1.54) is 18.3 Å². The predicted molar refractivity (Wildman–Crippen MR) is 79.1 cm³/mol. The van der Waals surface area contributed by atoms with Crippen LogP contribution in [-0.4, -0.2) is 28.4 Å². The normalized spacial score (nSPS) is 10.2. The summed E-state index contributed by atoms with van der Waals surface area (Å²) in [5.74, 6) is -0.512. The molecule has 0 spiro atoms. The lowest BCUT2D eigenvalue weighted by atomic mass is 10.3. The van der Waals surface area contributed by atoms with Gasteiger partial charge in [-0.3, -0.25) is 4.79 Å². The molecule has 0 aliphatic heterocycles. The Morgan fingerprint density at radius 1 is 1.33 bits per heavy atom. The second kappa shape index (κ2) is 6.60. The average Bonchev–Trinajstić information content (AvgIpc) is 2.93. The lowest BCUT2D eigenvalue weighted by Gasteiger charge is -2.06. The van der Waals surface area contributed by atoms with Crippen molar-refractivity contribution in [2.75, 3.05) is 11.9 Å². The standard InChI is InChI=1S/C13H11Cl2N3O3/c1-2-21-13(20)18-6-5-10(17-18)12(19)16-11-7-8(14)3-4-9(11)15/h3-7H,2H2,1H3,(H,16,19). The van der Waals surface area contributed by atoms with Gasteiger partial charge >= 0.3 is 6.09 Å². The summed E-state index contributed by atoms with van der Waals surface area (Å²) in [6.07, 6.45) is 0.685. The number of carbonyl (C=O) groups is 2. The van der Waals surface area contributed by atoms with Gasteiger partial charge in [0.1, 0.15) is 0 Å². The molecule has 0 saturated carbocycles. The Hall–Kier alpha value is -2.05. The Labute approximate surface area is 130 Å². The minimum atomic E-state index is -0.655. The zero-order chi connectivity index (χ0) is 15.4. The fourth-order valence-electron chi connectivity index (χ4n) is 1.52. The summed E-state index contributed by atoms with van der Waals surface area (Å²) in [5, 5.41) is 7.18. The zero-order valence-corrected chi connectivity index (χ0v) is 12.5. The van der Waals surface area contributed by atoms with E-state index in [0.29, 0.717) is 15.7 Å². The lowest BCUT2D eigenvalue weighted by molar-refractivity contribution is 0.102. The van der Waals surface area contributed by atoms with E-state index >= 15 is 0 Å². The number of benzene rings is 1. The van der Waals surface area contributed by atoms with Crippen LogP contribution in [0.3, 0.4) is 0 Å². The molecule has 0 aliphatic rings. The first-order chi connectivity index (χ1) is 10.0. The quantitative estimate of drug-likeness (QED) is 0.937. The van der Waals surface area contributed by atoms with Crippen molar-refractivity contribution in [1.82, 2.24) is 9.78 Å². The monoisotopic (exact) mass is 327 g/mol.